The summed E-state index contributed by atoms with van der Waals surface area (Å²) >= 11 is 0. The summed E-state index contributed by atoms with van der Waals surface area (Å²) in [5.41, 5.74) is 6.30. The Morgan fingerprint density at radius 3 is 2.24 bits per heavy atom. The minimum absolute atomic E-state index is 0.290. The molecule has 0 saturated heterocycles. The molecule has 4 aromatic rings. The fourth-order valence-electron chi connectivity index (χ4n) is 4.74. The molecule has 0 fully saturated rings. The Kier molecular flexibility index (Phi) is 4.13. The number of nitrogens with zero attached hydrogens (tertiary/aromatic N) is 3. The number of aromatic nitrogens is 1. The number of para-hydroxylation sites is 2. The molecule has 1 atom stereocenters. The van der Waals surface area contributed by atoms with Crippen LogP contribution in [-0.4, -0.2) is 21.7 Å². The van der Waals surface area contributed by atoms with Gasteiger partial charge in [-0.2, -0.15) is 0 Å². The molecule has 1 aromatic heterocycles. The second-order valence-electron chi connectivity index (χ2n) is 8.19. The van der Waals surface area contributed by atoms with Crippen molar-refractivity contribution in [1.82, 2.24) is 9.47 Å². The van der Waals surface area contributed by atoms with E-state index in [9.17, 15) is 0 Å². The van der Waals surface area contributed by atoms with E-state index in [2.05, 4.69) is 121 Å². The van der Waals surface area contributed by atoms with Gasteiger partial charge in [-0.25, -0.2) is 0 Å². The molecule has 2 heterocycles. The summed E-state index contributed by atoms with van der Waals surface area (Å²) in [5, 5.41) is 2.63. The molecule has 3 aromatic carbocycles. The lowest BCUT2D eigenvalue weighted by Crippen LogP contribution is -2.39. The first-order valence-corrected chi connectivity index (χ1v) is 10.4. The fraction of sp³-hybridized carbons (Fsp3) is 0.231. The molecule has 3 nitrogen and oxygen atoms in total. The molecule has 0 saturated carbocycles. The Bertz CT molecular complexity index is 1220. The van der Waals surface area contributed by atoms with E-state index in [4.69, 9.17) is 0 Å². The van der Waals surface area contributed by atoms with Crippen molar-refractivity contribution in [2.75, 3.05) is 4.90 Å². The van der Waals surface area contributed by atoms with Gasteiger partial charge in [0.25, 0.3) is 0 Å². The van der Waals surface area contributed by atoms with Crippen LogP contribution in [0.15, 0.2) is 79.1 Å². The van der Waals surface area contributed by atoms with Crippen molar-refractivity contribution in [3.63, 3.8) is 0 Å². The molecule has 1 aliphatic heterocycles. The van der Waals surface area contributed by atoms with Crippen molar-refractivity contribution in [2.24, 2.45) is 0 Å². The van der Waals surface area contributed by atoms with E-state index >= 15 is 0 Å². The largest absolute Gasteiger partial charge is 0.353 e. The van der Waals surface area contributed by atoms with E-state index in [0.29, 0.717) is 6.04 Å². The normalized spacial score (nSPS) is 16.7. The zero-order chi connectivity index (χ0) is 20.1. The predicted molar refractivity (Wildman–Crippen MR) is 124 cm³/mol. The fourth-order valence-corrected chi connectivity index (χ4v) is 4.74. The summed E-state index contributed by atoms with van der Waals surface area (Å²) < 4.78 is 2.39. The zero-order valence-corrected chi connectivity index (χ0v) is 17.5. The van der Waals surface area contributed by atoms with Gasteiger partial charge in [0.15, 0.2) is 0 Å². The van der Waals surface area contributed by atoms with Gasteiger partial charge in [0, 0.05) is 34.9 Å². The molecule has 1 aliphatic rings. The molecule has 0 bridgehead atoms. The summed E-state index contributed by atoms with van der Waals surface area (Å²) in [4.78, 5) is 4.84. The SMILES string of the molecule is Cc1ccc2c(c1N1C=CN(C(C)C)[C@@H]1C)c1ccccc1n2-c1ccccc1. The van der Waals surface area contributed by atoms with Gasteiger partial charge in [0.1, 0.15) is 6.17 Å². The Labute approximate surface area is 172 Å². The third kappa shape index (κ3) is 2.65. The highest BCUT2D eigenvalue weighted by Gasteiger charge is 2.28. The smallest absolute Gasteiger partial charge is 0.103 e. The molecule has 146 valence electrons. The van der Waals surface area contributed by atoms with E-state index in [0.717, 1.165) is 0 Å². The van der Waals surface area contributed by atoms with Gasteiger partial charge < -0.3 is 14.4 Å². The van der Waals surface area contributed by atoms with Crippen molar-refractivity contribution in [3.8, 4) is 5.69 Å². The van der Waals surface area contributed by atoms with Crippen molar-refractivity contribution in [2.45, 2.75) is 39.9 Å². The van der Waals surface area contributed by atoms with Crippen LogP contribution in [0.3, 0.4) is 0 Å². The molecule has 0 N–H and O–H groups in total. The number of hydrogen-bond donors (Lipinski definition) is 0. The average molecular weight is 382 g/mol. The molecule has 0 radical (unpaired) electrons. The van der Waals surface area contributed by atoms with Gasteiger partial charge in [0.05, 0.1) is 16.7 Å². The minimum atomic E-state index is 0.290. The molecule has 0 spiro atoms. The summed E-state index contributed by atoms with van der Waals surface area (Å²) in [6.07, 6.45) is 4.75. The lowest BCUT2D eigenvalue weighted by molar-refractivity contribution is 0.264. The number of aryl methyl sites for hydroxylation is 1. The Morgan fingerprint density at radius 1 is 0.793 bits per heavy atom. The molecule has 5 rings (SSSR count). The maximum absolute atomic E-state index is 2.43. The molecule has 0 aliphatic carbocycles. The van der Waals surface area contributed by atoms with Crippen LogP contribution in [-0.2, 0) is 0 Å². The lowest BCUT2D eigenvalue weighted by Gasteiger charge is -2.33. The summed E-state index contributed by atoms with van der Waals surface area (Å²) in [6, 6.07) is 24.4. The first-order chi connectivity index (χ1) is 14.1. The van der Waals surface area contributed by atoms with Crippen LogP contribution in [0.4, 0.5) is 5.69 Å². The second-order valence-corrected chi connectivity index (χ2v) is 8.19. The van der Waals surface area contributed by atoms with Gasteiger partial charge in [-0.1, -0.05) is 42.5 Å². The number of rotatable bonds is 3. The highest BCUT2D eigenvalue weighted by molar-refractivity contribution is 6.16. The third-order valence-electron chi connectivity index (χ3n) is 6.12. The second kappa shape index (κ2) is 6.70. The van der Waals surface area contributed by atoms with Crippen molar-refractivity contribution < 1.29 is 0 Å². The minimum Gasteiger partial charge on any atom is -0.353 e. The first kappa shape index (κ1) is 17.9. The average Bonchev–Trinajstić information content (AvgIpc) is 3.27. The van der Waals surface area contributed by atoms with E-state index < -0.39 is 0 Å². The molecule has 0 amide bonds. The van der Waals surface area contributed by atoms with E-state index in [-0.39, 0.29) is 6.17 Å². The molecular weight excluding hydrogens is 354 g/mol. The summed E-state index contributed by atoms with van der Waals surface area (Å²) in [6.45, 7) is 9.01. The maximum Gasteiger partial charge on any atom is 0.103 e. The topological polar surface area (TPSA) is 11.4 Å². The van der Waals surface area contributed by atoms with Gasteiger partial charge in [-0.15, -0.1) is 0 Å². The number of fused-ring (bicyclic) bond motifs is 3. The van der Waals surface area contributed by atoms with E-state index in [1.807, 2.05) is 0 Å². The molecule has 29 heavy (non-hydrogen) atoms. The highest BCUT2D eigenvalue weighted by atomic mass is 15.4. The van der Waals surface area contributed by atoms with Crippen molar-refractivity contribution >= 4 is 27.5 Å². The van der Waals surface area contributed by atoms with Crippen LogP contribution in [0.1, 0.15) is 26.3 Å². The van der Waals surface area contributed by atoms with E-state index in [1.54, 1.807) is 0 Å². The van der Waals surface area contributed by atoms with Crippen LogP contribution in [0.2, 0.25) is 0 Å². The Hall–Kier alpha value is -3.20. The quantitative estimate of drug-likeness (QED) is 0.404. The summed E-state index contributed by atoms with van der Waals surface area (Å²) in [7, 11) is 0. The van der Waals surface area contributed by atoms with Crippen LogP contribution in [0.5, 0.6) is 0 Å². The third-order valence-corrected chi connectivity index (χ3v) is 6.12. The molecule has 0 unspecified atom stereocenters. The van der Waals surface area contributed by atoms with Crippen molar-refractivity contribution in [1.29, 1.82) is 0 Å². The zero-order valence-electron chi connectivity index (χ0n) is 17.5. The maximum atomic E-state index is 2.43. The number of benzene rings is 3. The molecule has 3 heteroatoms. The predicted octanol–water partition coefficient (Wildman–Crippen LogP) is 6.44. The van der Waals surface area contributed by atoms with Crippen LogP contribution < -0.4 is 4.90 Å². The number of anilines is 1. The van der Waals surface area contributed by atoms with Crippen LogP contribution >= 0.6 is 0 Å². The Morgan fingerprint density at radius 2 is 1.52 bits per heavy atom. The highest BCUT2D eigenvalue weighted by Crippen LogP contribution is 2.41. The summed E-state index contributed by atoms with van der Waals surface area (Å²) in [5.74, 6) is 0. The Balaban J connectivity index is 1.84. The van der Waals surface area contributed by atoms with E-state index in [1.165, 1.54) is 38.7 Å². The van der Waals surface area contributed by atoms with Crippen LogP contribution in [0.25, 0.3) is 27.5 Å². The first-order valence-electron chi connectivity index (χ1n) is 10.4. The lowest BCUT2D eigenvalue weighted by atomic mass is 10.1. The van der Waals surface area contributed by atoms with Gasteiger partial charge in [-0.3, -0.25) is 0 Å². The van der Waals surface area contributed by atoms with Crippen LogP contribution in [0, 0.1) is 6.92 Å². The van der Waals surface area contributed by atoms with Gasteiger partial charge >= 0.3 is 0 Å². The molecular formula is C26H27N3. The van der Waals surface area contributed by atoms with Gasteiger partial charge in [-0.05, 0) is 57.5 Å². The number of hydrogen-bond acceptors (Lipinski definition) is 2. The van der Waals surface area contributed by atoms with Crippen molar-refractivity contribution in [3.05, 3.63) is 84.7 Å². The monoisotopic (exact) mass is 381 g/mol. The van der Waals surface area contributed by atoms with Gasteiger partial charge in [0.2, 0.25) is 0 Å². The standard InChI is InChI=1S/C26H27N3/c1-18(2)27-16-17-28(20(27)4)26-19(3)14-15-24-25(26)22-12-8-9-13-23(22)29(24)21-10-6-5-7-11-21/h5-18,20H,1-4H3/t20-/m0/s1.